The largest absolute Gasteiger partial charge is 0.445 e. The first-order valence-electron chi connectivity index (χ1n) is 8.73. The van der Waals surface area contributed by atoms with Crippen LogP contribution in [0.5, 0.6) is 0 Å². The highest BCUT2D eigenvalue weighted by Gasteiger charge is 2.41. The van der Waals surface area contributed by atoms with Crippen molar-refractivity contribution in [1.29, 1.82) is 0 Å². The molecule has 1 fully saturated rings. The average molecular weight is 362 g/mol. The second-order valence-electron chi connectivity index (χ2n) is 6.73. The number of esters is 1. The molecule has 1 unspecified atom stereocenters. The molecule has 1 heterocycles. The molecule has 1 aromatic rings. The number of likely N-dealkylation sites (tertiary alicyclic amines) is 1. The fraction of sp³-hybridized carbons (Fsp3) is 0.526. The number of hydrogen-bond donors (Lipinski definition) is 1. The summed E-state index contributed by atoms with van der Waals surface area (Å²) in [5.41, 5.74) is 5.83. The van der Waals surface area contributed by atoms with Crippen LogP contribution in [-0.4, -0.2) is 41.6 Å². The molecule has 142 valence electrons. The summed E-state index contributed by atoms with van der Waals surface area (Å²) in [7, 11) is 0. The van der Waals surface area contributed by atoms with Crippen molar-refractivity contribution < 1.29 is 23.9 Å². The van der Waals surface area contributed by atoms with Crippen LogP contribution in [0.3, 0.4) is 0 Å². The van der Waals surface area contributed by atoms with Crippen LogP contribution in [0.1, 0.15) is 38.7 Å². The Morgan fingerprint density at radius 2 is 1.77 bits per heavy atom. The van der Waals surface area contributed by atoms with Crippen LogP contribution in [0.4, 0.5) is 4.79 Å². The minimum atomic E-state index is -1.32. The Labute approximate surface area is 153 Å². The number of carbonyl (C=O) groups excluding carboxylic acids is 3. The van der Waals surface area contributed by atoms with Gasteiger partial charge in [-0.3, -0.25) is 15.3 Å². The first-order valence-corrected chi connectivity index (χ1v) is 8.73. The van der Waals surface area contributed by atoms with Crippen LogP contribution in [-0.2, 0) is 25.7 Å². The Morgan fingerprint density at radius 1 is 1.15 bits per heavy atom. The van der Waals surface area contributed by atoms with Crippen LogP contribution in [0, 0.1) is 5.92 Å². The highest BCUT2D eigenvalue weighted by Crippen LogP contribution is 2.31. The fourth-order valence-corrected chi connectivity index (χ4v) is 3.28. The summed E-state index contributed by atoms with van der Waals surface area (Å²) in [6.45, 7) is 3.80. The van der Waals surface area contributed by atoms with Gasteiger partial charge < -0.3 is 14.4 Å². The average Bonchev–Trinajstić information content (AvgIpc) is 2.59. The van der Waals surface area contributed by atoms with Crippen molar-refractivity contribution in [2.24, 2.45) is 11.7 Å². The second kappa shape index (κ2) is 8.80. The molecule has 0 aliphatic carbocycles. The van der Waals surface area contributed by atoms with Crippen LogP contribution >= 0.6 is 0 Å². The number of piperidine rings is 1. The number of nitrogens with two attached hydrogens (primary N) is 1. The molecule has 2 rings (SSSR count). The van der Waals surface area contributed by atoms with E-state index in [9.17, 15) is 14.4 Å². The van der Waals surface area contributed by atoms with E-state index in [1.807, 2.05) is 30.3 Å². The predicted octanol–water partition coefficient (Wildman–Crippen LogP) is 2.23. The van der Waals surface area contributed by atoms with E-state index >= 15 is 0 Å². The summed E-state index contributed by atoms with van der Waals surface area (Å²) < 4.78 is 10.6. The van der Waals surface area contributed by atoms with Crippen molar-refractivity contribution >= 4 is 17.8 Å². The van der Waals surface area contributed by atoms with Gasteiger partial charge in [-0.25, -0.2) is 4.79 Å². The Balaban J connectivity index is 1.89. The van der Waals surface area contributed by atoms with E-state index < -0.39 is 11.7 Å². The van der Waals surface area contributed by atoms with Gasteiger partial charge in [0.2, 0.25) is 0 Å². The third-order valence-electron chi connectivity index (χ3n) is 4.51. The summed E-state index contributed by atoms with van der Waals surface area (Å²) in [6.07, 6.45) is 0.666. The Hall–Kier alpha value is -2.41. The number of Topliss-reactive ketones (excluding diaryl/α,β-unsaturated/α-hetero) is 1. The maximum Gasteiger partial charge on any atom is 0.410 e. The molecule has 1 aliphatic rings. The number of nitrogens with zero attached hydrogens (tertiary/aromatic N) is 1. The summed E-state index contributed by atoms with van der Waals surface area (Å²) in [5, 5.41) is 0. The molecular formula is C19H26N2O5. The quantitative estimate of drug-likeness (QED) is 0.615. The smallest absolute Gasteiger partial charge is 0.410 e. The first-order chi connectivity index (χ1) is 12.3. The van der Waals surface area contributed by atoms with Crippen molar-refractivity contribution in [2.45, 2.75) is 45.4 Å². The van der Waals surface area contributed by atoms with E-state index in [0.29, 0.717) is 25.9 Å². The van der Waals surface area contributed by atoms with Gasteiger partial charge in [0.1, 0.15) is 12.4 Å². The highest BCUT2D eigenvalue weighted by atomic mass is 16.6. The molecule has 26 heavy (non-hydrogen) atoms. The van der Waals surface area contributed by atoms with E-state index in [-0.39, 0.29) is 30.8 Å². The maximum absolute atomic E-state index is 12.2. The molecule has 1 saturated heterocycles. The van der Waals surface area contributed by atoms with Gasteiger partial charge in [-0.1, -0.05) is 30.3 Å². The number of rotatable bonds is 6. The van der Waals surface area contributed by atoms with Gasteiger partial charge in [0.15, 0.2) is 5.72 Å². The second-order valence-corrected chi connectivity index (χ2v) is 6.73. The minimum absolute atomic E-state index is 0.0320. The normalized spacial score (nSPS) is 17.3. The maximum atomic E-state index is 12.2. The minimum Gasteiger partial charge on any atom is -0.445 e. The van der Waals surface area contributed by atoms with E-state index in [2.05, 4.69) is 0 Å². The molecule has 0 aromatic heterocycles. The Morgan fingerprint density at radius 3 is 2.31 bits per heavy atom. The molecule has 1 atom stereocenters. The monoisotopic (exact) mass is 362 g/mol. The lowest BCUT2D eigenvalue weighted by atomic mass is 9.84. The molecule has 7 heteroatoms. The zero-order chi connectivity index (χ0) is 19.2. The molecule has 0 saturated carbocycles. The lowest BCUT2D eigenvalue weighted by Crippen LogP contribution is -2.55. The molecule has 2 N–H and O–H groups in total. The molecule has 0 radical (unpaired) electrons. The first kappa shape index (κ1) is 19.9. The Bertz CT molecular complexity index is 623. The van der Waals surface area contributed by atoms with Gasteiger partial charge in [0.05, 0.1) is 6.42 Å². The standard InChI is InChI=1S/C19H26N2O5/c1-14(22)12-19(20,26-15(2)23)17-8-10-21(11-9-17)18(24)25-13-16-6-4-3-5-7-16/h3-7,17H,8-13,20H2,1-2H3. The number of amides is 1. The van der Waals surface area contributed by atoms with Gasteiger partial charge in [-0.05, 0) is 25.3 Å². The van der Waals surface area contributed by atoms with Crippen molar-refractivity contribution in [1.82, 2.24) is 4.90 Å². The third kappa shape index (κ3) is 5.56. The molecule has 0 spiro atoms. The summed E-state index contributed by atoms with van der Waals surface area (Å²) in [5.74, 6) is -0.842. The van der Waals surface area contributed by atoms with E-state index in [0.717, 1.165) is 5.56 Å². The number of ether oxygens (including phenoxy) is 2. The lowest BCUT2D eigenvalue weighted by molar-refractivity contribution is -0.167. The summed E-state index contributed by atoms with van der Waals surface area (Å²) >= 11 is 0. The van der Waals surface area contributed by atoms with Crippen LogP contribution in [0.2, 0.25) is 0 Å². The van der Waals surface area contributed by atoms with Crippen molar-refractivity contribution in [3.63, 3.8) is 0 Å². The van der Waals surface area contributed by atoms with E-state index in [4.69, 9.17) is 15.2 Å². The van der Waals surface area contributed by atoms with Crippen LogP contribution in [0.25, 0.3) is 0 Å². The van der Waals surface area contributed by atoms with E-state index in [1.165, 1.54) is 13.8 Å². The van der Waals surface area contributed by atoms with Crippen LogP contribution in [0.15, 0.2) is 30.3 Å². The number of benzene rings is 1. The summed E-state index contributed by atoms with van der Waals surface area (Å²) in [4.78, 5) is 36.7. The topological polar surface area (TPSA) is 98.9 Å². The Kier molecular flexibility index (Phi) is 6.74. The number of carbonyl (C=O) groups is 3. The summed E-state index contributed by atoms with van der Waals surface area (Å²) in [6, 6.07) is 9.46. The van der Waals surface area contributed by atoms with Gasteiger partial charge in [0.25, 0.3) is 0 Å². The van der Waals surface area contributed by atoms with Crippen molar-refractivity contribution in [2.75, 3.05) is 13.1 Å². The third-order valence-corrected chi connectivity index (χ3v) is 4.51. The molecule has 1 aromatic carbocycles. The highest BCUT2D eigenvalue weighted by molar-refractivity contribution is 5.77. The number of ketones is 1. The van der Waals surface area contributed by atoms with Gasteiger partial charge >= 0.3 is 12.1 Å². The van der Waals surface area contributed by atoms with Gasteiger partial charge in [-0.15, -0.1) is 0 Å². The molecule has 1 aliphatic heterocycles. The zero-order valence-electron chi connectivity index (χ0n) is 15.3. The SMILES string of the molecule is CC(=O)CC(N)(OC(C)=O)C1CCN(C(=O)OCc2ccccc2)CC1. The molecule has 1 amide bonds. The van der Waals surface area contributed by atoms with Crippen molar-refractivity contribution in [3.05, 3.63) is 35.9 Å². The van der Waals surface area contributed by atoms with Crippen molar-refractivity contribution in [3.8, 4) is 0 Å². The molecular weight excluding hydrogens is 336 g/mol. The van der Waals surface area contributed by atoms with E-state index in [1.54, 1.807) is 4.90 Å². The zero-order valence-corrected chi connectivity index (χ0v) is 15.3. The molecule has 0 bridgehead atoms. The van der Waals surface area contributed by atoms with Crippen LogP contribution < -0.4 is 5.73 Å². The fourth-order valence-electron chi connectivity index (χ4n) is 3.28. The van der Waals surface area contributed by atoms with Gasteiger partial charge in [-0.2, -0.15) is 0 Å². The lowest BCUT2D eigenvalue weighted by Gasteiger charge is -2.40. The number of hydrogen-bond acceptors (Lipinski definition) is 6. The van der Waals surface area contributed by atoms with Gasteiger partial charge in [0, 0.05) is 25.9 Å². The molecule has 7 nitrogen and oxygen atoms in total. The predicted molar refractivity (Wildman–Crippen MR) is 94.9 cm³/mol.